The summed E-state index contributed by atoms with van der Waals surface area (Å²) in [6.45, 7) is 2.37. The molecule has 116 valence electrons. The standard InChI is InChI=1S/C16H17NO5/c18-13-4-3-11-10(7-14(19)20)8-15(21)22-16(11)12(13)9-17-5-1-2-6-17/h3-4,8,18H,1-2,5-7,9H2,(H,19,20). The Kier molecular flexibility index (Phi) is 3.85. The molecule has 22 heavy (non-hydrogen) atoms. The van der Waals surface area contributed by atoms with Crippen molar-refractivity contribution in [1.82, 2.24) is 4.90 Å². The van der Waals surface area contributed by atoms with Gasteiger partial charge in [-0.05, 0) is 43.6 Å². The van der Waals surface area contributed by atoms with Gasteiger partial charge in [0.05, 0.1) is 12.0 Å². The van der Waals surface area contributed by atoms with Crippen molar-refractivity contribution in [3.63, 3.8) is 0 Å². The minimum atomic E-state index is -1.01. The van der Waals surface area contributed by atoms with Gasteiger partial charge in [-0.15, -0.1) is 0 Å². The van der Waals surface area contributed by atoms with Gasteiger partial charge >= 0.3 is 11.6 Å². The first kappa shape index (κ1) is 14.6. The van der Waals surface area contributed by atoms with Crippen LogP contribution in [-0.4, -0.2) is 34.2 Å². The number of rotatable bonds is 4. The van der Waals surface area contributed by atoms with Crippen molar-refractivity contribution in [3.8, 4) is 5.75 Å². The number of carboxylic acid groups (broad SMARTS) is 1. The van der Waals surface area contributed by atoms with E-state index in [-0.39, 0.29) is 17.8 Å². The molecule has 0 saturated carbocycles. The summed E-state index contributed by atoms with van der Waals surface area (Å²) in [6, 6.07) is 4.32. The second kappa shape index (κ2) is 5.81. The fourth-order valence-electron chi connectivity index (χ4n) is 2.96. The Balaban J connectivity index is 2.13. The zero-order valence-electron chi connectivity index (χ0n) is 12.0. The highest BCUT2D eigenvalue weighted by Crippen LogP contribution is 2.30. The number of aliphatic carboxylic acids is 1. The van der Waals surface area contributed by atoms with Crippen LogP contribution in [0.5, 0.6) is 5.75 Å². The number of hydrogen-bond donors (Lipinski definition) is 2. The Morgan fingerprint density at radius 3 is 2.68 bits per heavy atom. The molecule has 0 amide bonds. The number of aromatic hydroxyl groups is 1. The molecule has 1 aromatic carbocycles. The molecule has 1 saturated heterocycles. The average molecular weight is 303 g/mol. The number of nitrogens with zero attached hydrogens (tertiary/aromatic N) is 1. The molecule has 3 rings (SSSR count). The predicted molar refractivity (Wildman–Crippen MR) is 80.0 cm³/mol. The zero-order chi connectivity index (χ0) is 15.7. The molecule has 6 heteroatoms. The Morgan fingerprint density at radius 2 is 2.00 bits per heavy atom. The summed E-state index contributed by atoms with van der Waals surface area (Å²) < 4.78 is 5.27. The van der Waals surface area contributed by atoms with E-state index in [1.165, 1.54) is 12.1 Å². The molecule has 1 aromatic heterocycles. The minimum Gasteiger partial charge on any atom is -0.507 e. The SMILES string of the molecule is O=C(O)Cc1cc(=O)oc2c(CN3CCCC3)c(O)ccc12. The van der Waals surface area contributed by atoms with E-state index in [4.69, 9.17) is 9.52 Å². The van der Waals surface area contributed by atoms with Gasteiger partial charge in [0.2, 0.25) is 0 Å². The first-order valence-electron chi connectivity index (χ1n) is 7.26. The molecule has 2 N–H and O–H groups in total. The Hall–Kier alpha value is -2.34. The summed E-state index contributed by atoms with van der Waals surface area (Å²) in [5, 5.41) is 19.7. The van der Waals surface area contributed by atoms with Crippen LogP contribution in [0.4, 0.5) is 0 Å². The quantitative estimate of drug-likeness (QED) is 0.836. The van der Waals surface area contributed by atoms with Gasteiger partial charge in [-0.1, -0.05) is 0 Å². The van der Waals surface area contributed by atoms with Gasteiger partial charge in [0.25, 0.3) is 0 Å². The fourth-order valence-corrected chi connectivity index (χ4v) is 2.96. The first-order chi connectivity index (χ1) is 10.5. The molecule has 0 spiro atoms. The van der Waals surface area contributed by atoms with Crippen LogP contribution in [0.25, 0.3) is 11.0 Å². The lowest BCUT2D eigenvalue weighted by molar-refractivity contribution is -0.136. The maximum Gasteiger partial charge on any atom is 0.336 e. The molecular weight excluding hydrogens is 286 g/mol. The molecule has 1 fully saturated rings. The molecule has 1 aliphatic rings. The molecule has 6 nitrogen and oxygen atoms in total. The highest BCUT2D eigenvalue weighted by Gasteiger charge is 2.19. The van der Waals surface area contributed by atoms with E-state index < -0.39 is 11.6 Å². The number of phenols is 1. The van der Waals surface area contributed by atoms with Crippen molar-refractivity contribution < 1.29 is 19.4 Å². The second-order valence-electron chi connectivity index (χ2n) is 5.58. The molecule has 0 aliphatic carbocycles. The summed E-state index contributed by atoms with van der Waals surface area (Å²) in [5.74, 6) is -0.948. The number of fused-ring (bicyclic) bond motifs is 1. The highest BCUT2D eigenvalue weighted by atomic mass is 16.4. The molecule has 0 unspecified atom stereocenters. The third-order valence-electron chi connectivity index (χ3n) is 4.00. The number of hydrogen-bond acceptors (Lipinski definition) is 5. The minimum absolute atomic E-state index is 0.0648. The molecule has 0 bridgehead atoms. The predicted octanol–water partition coefficient (Wildman–Crippen LogP) is 1.72. The van der Waals surface area contributed by atoms with E-state index in [0.717, 1.165) is 25.9 Å². The van der Waals surface area contributed by atoms with Crippen molar-refractivity contribution >= 4 is 16.9 Å². The number of phenolic OH excluding ortho intramolecular Hbond substituents is 1. The topological polar surface area (TPSA) is 91.0 Å². The maximum atomic E-state index is 11.7. The van der Waals surface area contributed by atoms with E-state index >= 15 is 0 Å². The third kappa shape index (κ3) is 2.82. The van der Waals surface area contributed by atoms with Crippen molar-refractivity contribution in [2.24, 2.45) is 0 Å². The summed E-state index contributed by atoms with van der Waals surface area (Å²) in [6.07, 6.45) is 1.97. The number of benzene rings is 1. The summed E-state index contributed by atoms with van der Waals surface area (Å²) in [5.41, 5.74) is 0.637. The molecule has 0 atom stereocenters. The monoisotopic (exact) mass is 303 g/mol. The Morgan fingerprint density at radius 1 is 1.27 bits per heavy atom. The summed E-state index contributed by atoms with van der Waals surface area (Å²) in [7, 11) is 0. The first-order valence-corrected chi connectivity index (χ1v) is 7.26. The van der Waals surface area contributed by atoms with Gasteiger partial charge in [-0.25, -0.2) is 4.79 Å². The zero-order valence-corrected chi connectivity index (χ0v) is 12.0. The van der Waals surface area contributed by atoms with Crippen LogP contribution in [-0.2, 0) is 17.8 Å². The second-order valence-corrected chi connectivity index (χ2v) is 5.58. The van der Waals surface area contributed by atoms with Crippen LogP contribution in [0.2, 0.25) is 0 Å². The number of carbonyl (C=O) groups is 1. The van der Waals surface area contributed by atoms with Gasteiger partial charge in [0, 0.05) is 18.0 Å². The number of carboxylic acids is 1. The van der Waals surface area contributed by atoms with Crippen molar-refractivity contribution in [3.05, 3.63) is 39.7 Å². The number of likely N-dealkylation sites (tertiary alicyclic amines) is 1. The van der Waals surface area contributed by atoms with Gasteiger partial charge in [0.15, 0.2) is 0 Å². The van der Waals surface area contributed by atoms with E-state index in [0.29, 0.717) is 23.1 Å². The largest absolute Gasteiger partial charge is 0.507 e. The van der Waals surface area contributed by atoms with Crippen LogP contribution in [0.1, 0.15) is 24.0 Å². The Labute approximate surface area is 126 Å². The average Bonchev–Trinajstić information content (AvgIpc) is 2.94. The fraction of sp³-hybridized carbons (Fsp3) is 0.375. The lowest BCUT2D eigenvalue weighted by atomic mass is 10.0. The normalized spacial score (nSPS) is 15.5. The Bertz CT molecular complexity index is 774. The van der Waals surface area contributed by atoms with Gasteiger partial charge < -0.3 is 14.6 Å². The van der Waals surface area contributed by atoms with Crippen LogP contribution in [0.3, 0.4) is 0 Å². The van der Waals surface area contributed by atoms with Crippen molar-refractivity contribution in [1.29, 1.82) is 0 Å². The van der Waals surface area contributed by atoms with Crippen LogP contribution >= 0.6 is 0 Å². The lowest BCUT2D eigenvalue weighted by Crippen LogP contribution is -2.19. The molecule has 2 aromatic rings. The van der Waals surface area contributed by atoms with E-state index in [2.05, 4.69) is 4.90 Å². The van der Waals surface area contributed by atoms with E-state index in [9.17, 15) is 14.7 Å². The van der Waals surface area contributed by atoms with Crippen molar-refractivity contribution in [2.75, 3.05) is 13.1 Å². The van der Waals surface area contributed by atoms with Gasteiger partial charge in [-0.2, -0.15) is 0 Å². The summed E-state index contributed by atoms with van der Waals surface area (Å²) in [4.78, 5) is 24.9. The van der Waals surface area contributed by atoms with Crippen LogP contribution in [0, 0.1) is 0 Å². The maximum absolute atomic E-state index is 11.7. The third-order valence-corrected chi connectivity index (χ3v) is 4.00. The van der Waals surface area contributed by atoms with Crippen molar-refractivity contribution in [2.45, 2.75) is 25.8 Å². The molecular formula is C16H17NO5. The lowest BCUT2D eigenvalue weighted by Gasteiger charge is -2.17. The van der Waals surface area contributed by atoms with Crippen LogP contribution < -0.4 is 5.63 Å². The van der Waals surface area contributed by atoms with Gasteiger partial charge in [-0.3, -0.25) is 9.69 Å². The van der Waals surface area contributed by atoms with Gasteiger partial charge in [0.1, 0.15) is 11.3 Å². The van der Waals surface area contributed by atoms with E-state index in [1.54, 1.807) is 6.07 Å². The van der Waals surface area contributed by atoms with Crippen LogP contribution in [0.15, 0.2) is 27.4 Å². The smallest absolute Gasteiger partial charge is 0.336 e. The molecule has 2 heterocycles. The molecule has 1 aliphatic heterocycles. The highest BCUT2D eigenvalue weighted by molar-refractivity contribution is 5.88. The summed E-state index contributed by atoms with van der Waals surface area (Å²) >= 11 is 0. The molecule has 0 radical (unpaired) electrons. The van der Waals surface area contributed by atoms with E-state index in [1.807, 2.05) is 0 Å².